The number of thioether (sulfide) groups is 1. The fourth-order valence-electron chi connectivity index (χ4n) is 2.47. The molecule has 0 amide bonds. The van der Waals surface area contributed by atoms with Gasteiger partial charge in [0.15, 0.2) is 0 Å². The van der Waals surface area contributed by atoms with E-state index in [1.165, 1.54) is 29.7 Å². The van der Waals surface area contributed by atoms with E-state index in [0.717, 1.165) is 13.1 Å². The van der Waals surface area contributed by atoms with Gasteiger partial charge in [0, 0.05) is 17.8 Å². The molecule has 0 aromatic heterocycles. The molecule has 1 aromatic carbocycles. The van der Waals surface area contributed by atoms with Crippen molar-refractivity contribution in [3.63, 3.8) is 0 Å². The Morgan fingerprint density at radius 3 is 2.56 bits per heavy atom. The maximum Gasteiger partial charge on any atom is 0.0256 e. The van der Waals surface area contributed by atoms with Crippen LogP contribution in [-0.4, -0.2) is 17.0 Å². The van der Waals surface area contributed by atoms with Crippen LogP contribution >= 0.6 is 11.8 Å². The highest BCUT2D eigenvalue weighted by atomic mass is 32.2. The summed E-state index contributed by atoms with van der Waals surface area (Å²) in [5, 5.41) is 3.61. The first-order chi connectivity index (χ1) is 8.59. The summed E-state index contributed by atoms with van der Waals surface area (Å²) in [6.07, 6.45) is 2.74. The molecule has 0 aliphatic carbocycles. The van der Waals surface area contributed by atoms with E-state index in [1.807, 2.05) is 0 Å². The quantitative estimate of drug-likeness (QED) is 0.855. The molecule has 1 N–H and O–H groups in total. The first-order valence-electron chi connectivity index (χ1n) is 7.03. The zero-order valence-corrected chi connectivity index (χ0v) is 12.6. The molecule has 1 heterocycles. The van der Waals surface area contributed by atoms with Gasteiger partial charge < -0.3 is 5.32 Å². The molecule has 2 heteroatoms. The Kier molecular flexibility index (Phi) is 4.74. The summed E-state index contributed by atoms with van der Waals surface area (Å²) in [5.41, 5.74) is 2.82. The standard InChI is InChI=1S/C16H25NS/c1-13(2)15-7-5-14(6-8-15)11-17-12-16(3)9-4-10-18-16/h5-8,13,17H,4,9-12H2,1-3H3. The van der Waals surface area contributed by atoms with Crippen LogP contribution in [0.2, 0.25) is 0 Å². The predicted octanol–water partition coefficient (Wildman–Crippen LogP) is 4.19. The number of nitrogens with one attached hydrogen (secondary N) is 1. The lowest BCUT2D eigenvalue weighted by Crippen LogP contribution is -2.32. The normalized spacial score (nSPS) is 23.8. The summed E-state index contributed by atoms with van der Waals surface area (Å²) < 4.78 is 0.470. The van der Waals surface area contributed by atoms with Gasteiger partial charge in [-0.1, -0.05) is 38.1 Å². The molecule has 1 nitrogen and oxygen atoms in total. The van der Waals surface area contributed by atoms with E-state index in [1.54, 1.807) is 0 Å². The van der Waals surface area contributed by atoms with Crippen LogP contribution in [0.1, 0.15) is 50.7 Å². The Morgan fingerprint density at radius 1 is 1.28 bits per heavy atom. The SMILES string of the molecule is CC(C)c1ccc(CNCC2(C)CCCS2)cc1. The first-order valence-corrected chi connectivity index (χ1v) is 8.01. The molecule has 1 saturated heterocycles. The Balaban J connectivity index is 1.79. The van der Waals surface area contributed by atoms with Gasteiger partial charge in [-0.25, -0.2) is 0 Å². The fourth-order valence-corrected chi connectivity index (χ4v) is 3.74. The third-order valence-corrected chi connectivity index (χ3v) is 5.31. The van der Waals surface area contributed by atoms with Gasteiger partial charge in [0.1, 0.15) is 0 Å². The molecule has 100 valence electrons. The minimum absolute atomic E-state index is 0.470. The average Bonchev–Trinajstić information content (AvgIpc) is 2.77. The molecule has 2 rings (SSSR count). The average molecular weight is 263 g/mol. The Bertz CT molecular complexity index is 363. The van der Waals surface area contributed by atoms with Crippen LogP contribution in [0.4, 0.5) is 0 Å². The van der Waals surface area contributed by atoms with Crippen molar-refractivity contribution in [2.24, 2.45) is 0 Å². The van der Waals surface area contributed by atoms with Crippen LogP contribution in [0.3, 0.4) is 0 Å². The molecule has 1 atom stereocenters. The number of benzene rings is 1. The number of hydrogen-bond donors (Lipinski definition) is 1. The molecule has 0 bridgehead atoms. The summed E-state index contributed by atoms with van der Waals surface area (Å²) in [4.78, 5) is 0. The van der Waals surface area contributed by atoms with E-state index >= 15 is 0 Å². The second kappa shape index (κ2) is 6.12. The maximum atomic E-state index is 3.61. The summed E-state index contributed by atoms with van der Waals surface area (Å²) in [7, 11) is 0. The third-order valence-electron chi connectivity index (χ3n) is 3.77. The van der Waals surface area contributed by atoms with Gasteiger partial charge in [-0.3, -0.25) is 0 Å². The minimum atomic E-state index is 0.470. The molecule has 1 unspecified atom stereocenters. The van der Waals surface area contributed by atoms with Crippen molar-refractivity contribution < 1.29 is 0 Å². The lowest BCUT2D eigenvalue weighted by Gasteiger charge is -2.23. The fraction of sp³-hybridized carbons (Fsp3) is 0.625. The molecular formula is C16H25NS. The molecule has 1 aliphatic heterocycles. The molecule has 1 aliphatic rings. The van der Waals surface area contributed by atoms with Gasteiger partial charge >= 0.3 is 0 Å². The number of hydrogen-bond acceptors (Lipinski definition) is 2. The zero-order valence-electron chi connectivity index (χ0n) is 11.8. The lowest BCUT2D eigenvalue weighted by molar-refractivity contribution is 0.537. The smallest absolute Gasteiger partial charge is 0.0256 e. The highest BCUT2D eigenvalue weighted by Crippen LogP contribution is 2.36. The Hall–Kier alpha value is -0.470. The Labute approximate surface area is 116 Å². The highest BCUT2D eigenvalue weighted by Gasteiger charge is 2.28. The molecule has 18 heavy (non-hydrogen) atoms. The van der Waals surface area contributed by atoms with E-state index in [9.17, 15) is 0 Å². The van der Waals surface area contributed by atoms with E-state index < -0.39 is 0 Å². The van der Waals surface area contributed by atoms with E-state index in [-0.39, 0.29) is 0 Å². The van der Waals surface area contributed by atoms with Crippen molar-refractivity contribution in [1.82, 2.24) is 5.32 Å². The van der Waals surface area contributed by atoms with Crippen molar-refractivity contribution >= 4 is 11.8 Å². The van der Waals surface area contributed by atoms with Gasteiger partial charge in [0.05, 0.1) is 0 Å². The predicted molar refractivity (Wildman–Crippen MR) is 82.3 cm³/mol. The van der Waals surface area contributed by atoms with Gasteiger partial charge in [0.2, 0.25) is 0 Å². The molecular weight excluding hydrogens is 238 g/mol. The summed E-state index contributed by atoms with van der Waals surface area (Å²) in [6.45, 7) is 8.99. The number of rotatable bonds is 5. The van der Waals surface area contributed by atoms with Crippen molar-refractivity contribution in [1.29, 1.82) is 0 Å². The second-order valence-electron chi connectivity index (χ2n) is 5.90. The van der Waals surface area contributed by atoms with E-state index in [2.05, 4.69) is 62.1 Å². The van der Waals surface area contributed by atoms with Crippen LogP contribution < -0.4 is 5.32 Å². The summed E-state index contributed by atoms with van der Waals surface area (Å²) >= 11 is 2.12. The summed E-state index contributed by atoms with van der Waals surface area (Å²) in [5.74, 6) is 1.96. The van der Waals surface area contributed by atoms with Crippen LogP contribution in [0.15, 0.2) is 24.3 Å². The molecule has 0 radical (unpaired) electrons. The van der Waals surface area contributed by atoms with Crippen LogP contribution in [-0.2, 0) is 6.54 Å². The van der Waals surface area contributed by atoms with Gasteiger partial charge in [0.25, 0.3) is 0 Å². The van der Waals surface area contributed by atoms with Crippen LogP contribution in [0.5, 0.6) is 0 Å². The largest absolute Gasteiger partial charge is 0.311 e. The highest BCUT2D eigenvalue weighted by molar-refractivity contribution is 8.00. The van der Waals surface area contributed by atoms with Crippen molar-refractivity contribution in [2.75, 3.05) is 12.3 Å². The Morgan fingerprint density at radius 2 is 2.00 bits per heavy atom. The van der Waals surface area contributed by atoms with Crippen molar-refractivity contribution in [3.8, 4) is 0 Å². The molecule has 0 spiro atoms. The second-order valence-corrected chi connectivity index (χ2v) is 7.58. The molecule has 0 saturated carbocycles. The van der Waals surface area contributed by atoms with Crippen molar-refractivity contribution in [3.05, 3.63) is 35.4 Å². The van der Waals surface area contributed by atoms with Crippen molar-refractivity contribution in [2.45, 2.75) is 50.8 Å². The minimum Gasteiger partial charge on any atom is -0.311 e. The third kappa shape index (κ3) is 3.76. The van der Waals surface area contributed by atoms with E-state index in [0.29, 0.717) is 10.7 Å². The first kappa shape index (κ1) is 14.0. The van der Waals surface area contributed by atoms with Crippen LogP contribution in [0, 0.1) is 0 Å². The van der Waals surface area contributed by atoms with Gasteiger partial charge in [-0.2, -0.15) is 11.8 Å². The summed E-state index contributed by atoms with van der Waals surface area (Å²) in [6, 6.07) is 9.03. The maximum absolute atomic E-state index is 3.61. The lowest BCUT2D eigenvalue weighted by atomic mass is 10.0. The van der Waals surface area contributed by atoms with E-state index in [4.69, 9.17) is 0 Å². The monoisotopic (exact) mass is 263 g/mol. The van der Waals surface area contributed by atoms with Gasteiger partial charge in [-0.15, -0.1) is 0 Å². The zero-order chi connectivity index (χ0) is 13.0. The molecule has 1 aromatic rings. The van der Waals surface area contributed by atoms with Crippen LogP contribution in [0.25, 0.3) is 0 Å². The van der Waals surface area contributed by atoms with Gasteiger partial charge in [-0.05, 0) is 42.6 Å². The molecule has 1 fully saturated rings. The topological polar surface area (TPSA) is 12.0 Å².